The molecule has 1 aliphatic rings. The van der Waals surface area contributed by atoms with Crippen LogP contribution < -0.4 is 10.1 Å². The van der Waals surface area contributed by atoms with Crippen molar-refractivity contribution < 1.29 is 18.4 Å². The summed E-state index contributed by atoms with van der Waals surface area (Å²) in [5, 5.41) is 7.20. The molecule has 34 heavy (non-hydrogen) atoms. The lowest BCUT2D eigenvalue weighted by Gasteiger charge is -2.35. The summed E-state index contributed by atoms with van der Waals surface area (Å²) in [5.41, 5.74) is 4.09. The summed E-state index contributed by atoms with van der Waals surface area (Å²) in [6, 6.07) is 12.0. The van der Waals surface area contributed by atoms with Crippen LogP contribution in [0.25, 0.3) is 17.0 Å². The van der Waals surface area contributed by atoms with E-state index in [0.717, 1.165) is 36.1 Å². The molecule has 3 aromatic rings. The van der Waals surface area contributed by atoms with Crippen LogP contribution >= 0.6 is 0 Å². The lowest BCUT2D eigenvalue weighted by atomic mass is 9.93. The minimum absolute atomic E-state index is 0.142. The number of aryl methyl sites for hydroxylation is 1. The van der Waals surface area contributed by atoms with E-state index in [0.29, 0.717) is 12.1 Å². The van der Waals surface area contributed by atoms with E-state index in [1.807, 2.05) is 19.1 Å². The fourth-order valence-corrected chi connectivity index (χ4v) is 4.10. The maximum absolute atomic E-state index is 14.2. The number of rotatable bonds is 8. The predicted octanol–water partition coefficient (Wildman–Crippen LogP) is 5.74. The lowest BCUT2D eigenvalue weighted by Crippen LogP contribution is -2.46. The van der Waals surface area contributed by atoms with E-state index >= 15 is 0 Å². The Morgan fingerprint density at radius 2 is 1.94 bits per heavy atom. The number of hydrogen-bond donors (Lipinski definition) is 1. The Bertz CT molecular complexity index is 1200. The number of methoxy groups -OCH3 is 1. The molecule has 1 aliphatic heterocycles. The maximum Gasteiger partial charge on any atom is 0.322 e. The molecule has 4 rings (SSSR count). The van der Waals surface area contributed by atoms with Crippen LogP contribution in [0.15, 0.2) is 52.7 Å². The summed E-state index contributed by atoms with van der Waals surface area (Å²) >= 11 is 0. The molecule has 1 atom stereocenters. The molecule has 2 aromatic carbocycles. The number of benzene rings is 2. The third-order valence-corrected chi connectivity index (χ3v) is 6.12. The standard InChI is InChI=1S/C26H29FN4O3/c1-5-7-14-31-16(3)22(23(28-26(31)32)18-10-8-17(6-2)9-11-18)25-29-24(30-34-25)19-12-13-21(33-4)20(27)15-19/h8-13,15,23H,5-7,14H2,1-4H3,(H,28,32). The van der Waals surface area contributed by atoms with Crippen LogP contribution in [-0.4, -0.2) is 34.7 Å². The van der Waals surface area contributed by atoms with Gasteiger partial charge in [-0.25, -0.2) is 9.18 Å². The Hall–Kier alpha value is -3.68. The molecule has 7 nitrogen and oxygen atoms in total. The fourth-order valence-electron chi connectivity index (χ4n) is 4.10. The topological polar surface area (TPSA) is 80.5 Å². The first-order valence-corrected chi connectivity index (χ1v) is 11.5. The average Bonchev–Trinajstić information content (AvgIpc) is 3.33. The summed E-state index contributed by atoms with van der Waals surface area (Å²) in [6.07, 6.45) is 2.76. The number of unbranched alkanes of at least 4 members (excludes halogenated alkanes) is 1. The normalized spacial score (nSPS) is 16.1. The van der Waals surface area contributed by atoms with Crippen LogP contribution in [0.4, 0.5) is 9.18 Å². The minimum Gasteiger partial charge on any atom is -0.494 e. The first-order valence-electron chi connectivity index (χ1n) is 11.5. The molecule has 8 heteroatoms. The molecule has 2 amide bonds. The largest absolute Gasteiger partial charge is 0.494 e. The van der Waals surface area contributed by atoms with E-state index in [2.05, 4.69) is 41.4 Å². The molecule has 1 N–H and O–H groups in total. The Labute approximate surface area is 198 Å². The van der Waals surface area contributed by atoms with Gasteiger partial charge in [-0.15, -0.1) is 0 Å². The quantitative estimate of drug-likeness (QED) is 0.459. The fraction of sp³-hybridized carbons (Fsp3) is 0.346. The summed E-state index contributed by atoms with van der Waals surface area (Å²) in [7, 11) is 1.41. The highest BCUT2D eigenvalue weighted by molar-refractivity contribution is 5.86. The Balaban J connectivity index is 1.77. The number of allylic oxidation sites excluding steroid dienone is 1. The van der Waals surface area contributed by atoms with Gasteiger partial charge in [-0.2, -0.15) is 4.98 Å². The van der Waals surface area contributed by atoms with Crippen molar-refractivity contribution in [1.82, 2.24) is 20.4 Å². The van der Waals surface area contributed by atoms with Crippen LogP contribution in [0.2, 0.25) is 0 Å². The number of halogens is 1. The maximum atomic E-state index is 14.2. The Morgan fingerprint density at radius 1 is 1.18 bits per heavy atom. The molecule has 1 unspecified atom stereocenters. The summed E-state index contributed by atoms with van der Waals surface area (Å²) in [5.74, 6) is 0.179. The van der Waals surface area contributed by atoms with Crippen LogP contribution in [0.5, 0.6) is 5.75 Å². The van der Waals surface area contributed by atoms with Crippen molar-refractivity contribution in [3.63, 3.8) is 0 Å². The molecule has 0 spiro atoms. The van der Waals surface area contributed by atoms with Gasteiger partial charge in [0.05, 0.1) is 18.7 Å². The van der Waals surface area contributed by atoms with E-state index in [9.17, 15) is 9.18 Å². The predicted molar refractivity (Wildman–Crippen MR) is 128 cm³/mol. The number of carbonyl (C=O) groups excluding carboxylic acids is 1. The van der Waals surface area contributed by atoms with Crippen LogP contribution in [0, 0.1) is 5.82 Å². The zero-order chi connectivity index (χ0) is 24.2. The number of aromatic nitrogens is 2. The van der Waals surface area contributed by atoms with Gasteiger partial charge in [0.2, 0.25) is 5.82 Å². The van der Waals surface area contributed by atoms with Crippen molar-refractivity contribution in [3.8, 4) is 17.1 Å². The van der Waals surface area contributed by atoms with Crippen molar-refractivity contribution in [3.05, 3.63) is 71.0 Å². The lowest BCUT2D eigenvalue weighted by molar-refractivity contribution is 0.204. The second kappa shape index (κ2) is 10.1. The molecule has 0 saturated heterocycles. The third-order valence-electron chi connectivity index (χ3n) is 6.12. The average molecular weight is 465 g/mol. The minimum atomic E-state index is -0.508. The zero-order valence-electron chi connectivity index (χ0n) is 19.9. The highest BCUT2D eigenvalue weighted by atomic mass is 19.1. The summed E-state index contributed by atoms with van der Waals surface area (Å²) in [6.45, 7) is 6.66. The van der Waals surface area contributed by atoms with Gasteiger partial charge in [0.15, 0.2) is 11.6 Å². The van der Waals surface area contributed by atoms with Gasteiger partial charge in [-0.05, 0) is 49.1 Å². The SMILES string of the molecule is CCCCN1C(=O)NC(c2ccc(CC)cc2)C(c2nc(-c3ccc(OC)c(F)c3)no2)=C1C. The molecule has 0 aliphatic carbocycles. The van der Waals surface area contributed by atoms with Crippen molar-refractivity contribution >= 4 is 11.6 Å². The van der Waals surface area contributed by atoms with Crippen molar-refractivity contribution in [2.75, 3.05) is 13.7 Å². The molecule has 1 aromatic heterocycles. The van der Waals surface area contributed by atoms with Gasteiger partial charge >= 0.3 is 6.03 Å². The molecule has 2 heterocycles. The number of carbonyl (C=O) groups is 1. The monoisotopic (exact) mass is 464 g/mol. The highest BCUT2D eigenvalue weighted by Crippen LogP contribution is 2.37. The first kappa shape index (κ1) is 23.5. The zero-order valence-corrected chi connectivity index (χ0v) is 19.9. The second-order valence-corrected chi connectivity index (χ2v) is 8.25. The molecule has 0 saturated carbocycles. The van der Waals surface area contributed by atoms with Gasteiger partial charge in [0, 0.05) is 17.8 Å². The summed E-state index contributed by atoms with van der Waals surface area (Å²) in [4.78, 5) is 19.3. The number of urea groups is 1. The van der Waals surface area contributed by atoms with Crippen LogP contribution in [0.3, 0.4) is 0 Å². The molecular weight excluding hydrogens is 435 g/mol. The number of hydrogen-bond acceptors (Lipinski definition) is 5. The second-order valence-electron chi connectivity index (χ2n) is 8.25. The van der Waals surface area contributed by atoms with Gasteiger partial charge in [0.1, 0.15) is 0 Å². The van der Waals surface area contributed by atoms with Crippen molar-refractivity contribution in [2.24, 2.45) is 0 Å². The number of nitrogens with one attached hydrogen (secondary N) is 1. The molecule has 0 bridgehead atoms. The van der Waals surface area contributed by atoms with Gasteiger partial charge in [-0.1, -0.05) is 49.7 Å². The molecule has 0 radical (unpaired) electrons. The van der Waals surface area contributed by atoms with Crippen molar-refractivity contribution in [1.29, 1.82) is 0 Å². The molecule has 0 fully saturated rings. The Morgan fingerprint density at radius 3 is 2.59 bits per heavy atom. The number of ether oxygens (including phenoxy) is 1. The number of amides is 2. The highest BCUT2D eigenvalue weighted by Gasteiger charge is 2.35. The van der Waals surface area contributed by atoms with Crippen LogP contribution in [0.1, 0.15) is 56.7 Å². The van der Waals surface area contributed by atoms with Crippen molar-refractivity contribution in [2.45, 2.75) is 46.1 Å². The van der Waals surface area contributed by atoms with E-state index in [-0.39, 0.29) is 23.5 Å². The van der Waals surface area contributed by atoms with E-state index < -0.39 is 11.9 Å². The first-order chi connectivity index (χ1) is 16.5. The van der Waals surface area contributed by atoms with E-state index in [1.54, 1.807) is 11.0 Å². The van der Waals surface area contributed by atoms with Gasteiger partial charge < -0.3 is 14.6 Å². The smallest absolute Gasteiger partial charge is 0.322 e. The van der Waals surface area contributed by atoms with Crippen LogP contribution in [-0.2, 0) is 6.42 Å². The third kappa shape index (κ3) is 4.53. The number of nitrogens with zero attached hydrogens (tertiary/aromatic N) is 3. The van der Waals surface area contributed by atoms with E-state index in [1.165, 1.54) is 24.8 Å². The van der Waals surface area contributed by atoms with Gasteiger partial charge in [-0.3, -0.25) is 4.90 Å². The molecular formula is C26H29FN4O3. The van der Waals surface area contributed by atoms with Gasteiger partial charge in [0.25, 0.3) is 5.89 Å². The molecule has 178 valence electrons. The summed E-state index contributed by atoms with van der Waals surface area (Å²) < 4.78 is 24.9. The Kier molecular flexibility index (Phi) is 6.95. The van der Waals surface area contributed by atoms with E-state index in [4.69, 9.17) is 9.26 Å².